The van der Waals surface area contributed by atoms with Gasteiger partial charge in [-0.25, -0.2) is 0 Å². The van der Waals surface area contributed by atoms with Crippen LogP contribution >= 0.6 is 0 Å². The molecular formula is C10H14O. The summed E-state index contributed by atoms with van der Waals surface area (Å²) in [4.78, 5) is 0. The van der Waals surface area contributed by atoms with Gasteiger partial charge in [0.25, 0.3) is 0 Å². The number of ether oxygens (including phenoxy) is 1. The van der Waals surface area contributed by atoms with Crippen LogP contribution in [0.3, 0.4) is 0 Å². The molecule has 11 heavy (non-hydrogen) atoms. The molecule has 60 valence electrons. The van der Waals surface area contributed by atoms with E-state index >= 15 is 0 Å². The van der Waals surface area contributed by atoms with E-state index in [1.165, 1.54) is 0 Å². The van der Waals surface area contributed by atoms with E-state index in [1.807, 2.05) is 13.0 Å². The maximum Gasteiger partial charge on any atom is 0.106 e. The summed E-state index contributed by atoms with van der Waals surface area (Å²) in [6, 6.07) is 0. The molecule has 0 aromatic rings. The van der Waals surface area contributed by atoms with Crippen molar-refractivity contribution in [2.24, 2.45) is 5.92 Å². The van der Waals surface area contributed by atoms with Gasteiger partial charge in [-0.1, -0.05) is 20.4 Å². The Labute approximate surface area is 68.1 Å². The van der Waals surface area contributed by atoms with Crippen LogP contribution in [0.1, 0.15) is 20.8 Å². The van der Waals surface area contributed by atoms with Crippen molar-refractivity contribution in [3.8, 4) is 0 Å². The zero-order chi connectivity index (χ0) is 8.43. The lowest BCUT2D eigenvalue weighted by Crippen LogP contribution is -2.01. The fourth-order valence-electron chi connectivity index (χ4n) is 0.854. The Bertz CT molecular complexity index is 231. The molecule has 0 spiro atoms. The Hall–Kier alpha value is -0.980. The van der Waals surface area contributed by atoms with Crippen molar-refractivity contribution in [1.29, 1.82) is 0 Å². The van der Waals surface area contributed by atoms with Crippen LogP contribution in [0.25, 0.3) is 0 Å². The van der Waals surface area contributed by atoms with E-state index in [0.29, 0.717) is 5.92 Å². The number of rotatable bonds is 1. The van der Waals surface area contributed by atoms with E-state index in [4.69, 9.17) is 4.74 Å². The van der Waals surface area contributed by atoms with Crippen LogP contribution in [0.4, 0.5) is 0 Å². The monoisotopic (exact) mass is 150 g/mol. The molecule has 0 aliphatic carbocycles. The molecule has 0 radical (unpaired) electrons. The summed E-state index contributed by atoms with van der Waals surface area (Å²) in [6.07, 6.45) is 3.76. The maximum atomic E-state index is 5.36. The van der Waals surface area contributed by atoms with E-state index in [0.717, 1.165) is 16.9 Å². The lowest BCUT2D eigenvalue weighted by molar-refractivity contribution is 0.297. The molecule has 1 nitrogen and oxygen atoms in total. The van der Waals surface area contributed by atoms with Gasteiger partial charge in [-0.3, -0.25) is 0 Å². The first kappa shape index (κ1) is 8.12. The molecule has 0 unspecified atom stereocenters. The fraction of sp³-hybridized carbons (Fsp3) is 0.400. The summed E-state index contributed by atoms with van der Waals surface area (Å²) in [7, 11) is 0. The van der Waals surface area contributed by atoms with Crippen molar-refractivity contribution in [2.45, 2.75) is 20.8 Å². The fourth-order valence-corrected chi connectivity index (χ4v) is 0.854. The second kappa shape index (κ2) is 2.95. The minimum absolute atomic E-state index is 0.441. The number of hydrogen-bond acceptors (Lipinski definition) is 1. The van der Waals surface area contributed by atoms with E-state index in [2.05, 4.69) is 20.4 Å². The first-order chi connectivity index (χ1) is 5.11. The zero-order valence-corrected chi connectivity index (χ0v) is 7.35. The summed E-state index contributed by atoms with van der Waals surface area (Å²) in [5, 5.41) is 0. The Kier molecular flexibility index (Phi) is 2.18. The van der Waals surface area contributed by atoms with E-state index in [-0.39, 0.29) is 0 Å². The smallest absolute Gasteiger partial charge is 0.106 e. The molecule has 1 aliphatic rings. The highest BCUT2D eigenvalue weighted by molar-refractivity contribution is 5.39. The van der Waals surface area contributed by atoms with Crippen molar-refractivity contribution in [3.63, 3.8) is 0 Å². The lowest BCUT2D eigenvalue weighted by Gasteiger charge is -2.16. The van der Waals surface area contributed by atoms with Gasteiger partial charge in [-0.05, 0) is 24.1 Å². The van der Waals surface area contributed by atoms with Crippen LogP contribution in [0.2, 0.25) is 0 Å². The van der Waals surface area contributed by atoms with Crippen LogP contribution in [0, 0.1) is 5.92 Å². The normalized spacial score (nSPS) is 17.6. The van der Waals surface area contributed by atoms with E-state index in [9.17, 15) is 0 Å². The molecule has 0 saturated heterocycles. The van der Waals surface area contributed by atoms with Crippen LogP contribution < -0.4 is 0 Å². The van der Waals surface area contributed by atoms with Crippen molar-refractivity contribution >= 4 is 0 Å². The van der Waals surface area contributed by atoms with Crippen molar-refractivity contribution < 1.29 is 4.74 Å². The summed E-state index contributed by atoms with van der Waals surface area (Å²) < 4.78 is 5.36. The van der Waals surface area contributed by atoms with Gasteiger partial charge in [-0.15, -0.1) is 0 Å². The highest BCUT2D eigenvalue weighted by atomic mass is 16.5. The third-order valence-corrected chi connectivity index (χ3v) is 1.76. The van der Waals surface area contributed by atoms with Crippen LogP contribution in [-0.4, -0.2) is 0 Å². The topological polar surface area (TPSA) is 9.23 Å². The molecule has 0 N–H and O–H groups in total. The Morgan fingerprint density at radius 2 is 2.09 bits per heavy atom. The van der Waals surface area contributed by atoms with Crippen LogP contribution in [-0.2, 0) is 4.74 Å². The van der Waals surface area contributed by atoms with Crippen LogP contribution in [0.15, 0.2) is 35.8 Å². The molecule has 0 amide bonds. The summed E-state index contributed by atoms with van der Waals surface area (Å²) in [5.74, 6) is 1.44. The van der Waals surface area contributed by atoms with E-state index < -0.39 is 0 Å². The van der Waals surface area contributed by atoms with Gasteiger partial charge in [0.15, 0.2) is 0 Å². The van der Waals surface area contributed by atoms with Gasteiger partial charge < -0.3 is 4.74 Å². The first-order valence-corrected chi connectivity index (χ1v) is 3.85. The number of hydrogen-bond donors (Lipinski definition) is 0. The summed E-state index contributed by atoms with van der Waals surface area (Å²) in [5.41, 5.74) is 2.16. The Morgan fingerprint density at radius 3 is 2.55 bits per heavy atom. The second-order valence-electron chi connectivity index (χ2n) is 3.15. The van der Waals surface area contributed by atoms with Gasteiger partial charge in [0.1, 0.15) is 5.76 Å². The third-order valence-electron chi connectivity index (χ3n) is 1.76. The zero-order valence-electron chi connectivity index (χ0n) is 7.35. The minimum atomic E-state index is 0.441. The SMILES string of the molecule is C=C1C=C(C(C)C)OC=C1C. The van der Waals surface area contributed by atoms with Gasteiger partial charge in [0.2, 0.25) is 0 Å². The molecule has 0 aromatic carbocycles. The molecule has 0 atom stereocenters. The maximum absolute atomic E-state index is 5.36. The van der Waals surface area contributed by atoms with Gasteiger partial charge >= 0.3 is 0 Å². The molecule has 1 heteroatoms. The Balaban J connectivity index is 2.78. The number of allylic oxidation sites excluding steroid dienone is 4. The molecule has 1 aliphatic heterocycles. The largest absolute Gasteiger partial charge is 0.469 e. The summed E-state index contributed by atoms with van der Waals surface area (Å²) >= 11 is 0. The van der Waals surface area contributed by atoms with Gasteiger partial charge in [-0.2, -0.15) is 0 Å². The first-order valence-electron chi connectivity index (χ1n) is 3.85. The molecule has 0 aromatic heterocycles. The molecular weight excluding hydrogens is 136 g/mol. The molecule has 1 rings (SSSR count). The van der Waals surface area contributed by atoms with Crippen LogP contribution in [0.5, 0.6) is 0 Å². The van der Waals surface area contributed by atoms with Crippen molar-refractivity contribution in [1.82, 2.24) is 0 Å². The molecule has 0 bridgehead atoms. The lowest BCUT2D eigenvalue weighted by atomic mass is 10.0. The molecule has 1 heterocycles. The molecule has 0 saturated carbocycles. The van der Waals surface area contributed by atoms with Gasteiger partial charge in [0.05, 0.1) is 6.26 Å². The quantitative estimate of drug-likeness (QED) is 0.558. The van der Waals surface area contributed by atoms with Gasteiger partial charge in [0, 0.05) is 5.92 Å². The molecule has 0 fully saturated rings. The highest BCUT2D eigenvalue weighted by Crippen LogP contribution is 2.22. The third kappa shape index (κ3) is 1.73. The van der Waals surface area contributed by atoms with E-state index in [1.54, 1.807) is 6.26 Å². The average Bonchev–Trinajstić information content (AvgIpc) is 1.94. The second-order valence-corrected chi connectivity index (χ2v) is 3.15. The average molecular weight is 150 g/mol. The highest BCUT2D eigenvalue weighted by Gasteiger charge is 2.09. The minimum Gasteiger partial charge on any atom is -0.469 e. The standard InChI is InChI=1S/C10H14O/c1-7(2)10-5-8(3)9(4)6-11-10/h5-7H,3H2,1-2,4H3. The predicted molar refractivity (Wildman–Crippen MR) is 46.9 cm³/mol. The predicted octanol–water partition coefficient (Wildman–Crippen LogP) is 3.02. The Morgan fingerprint density at radius 1 is 1.45 bits per heavy atom. The summed E-state index contributed by atoms with van der Waals surface area (Å²) in [6.45, 7) is 10.1. The van der Waals surface area contributed by atoms with Crippen molar-refractivity contribution in [2.75, 3.05) is 0 Å². The van der Waals surface area contributed by atoms with Crippen molar-refractivity contribution in [3.05, 3.63) is 35.8 Å².